The Labute approximate surface area is 199 Å². The summed E-state index contributed by atoms with van der Waals surface area (Å²) in [5, 5.41) is 2.99. The summed E-state index contributed by atoms with van der Waals surface area (Å²) in [6, 6.07) is 15.4. The molecular formula is C28H40N2O3. The highest BCUT2D eigenvalue weighted by Gasteiger charge is 2.28. The highest BCUT2D eigenvalue weighted by Crippen LogP contribution is 2.24. The number of hydrogen-bond acceptors (Lipinski definition) is 3. The molecule has 0 aliphatic rings. The minimum Gasteiger partial charge on any atom is -0.484 e. The van der Waals surface area contributed by atoms with Crippen LogP contribution in [0.4, 0.5) is 0 Å². The smallest absolute Gasteiger partial charge is 0.261 e. The number of ether oxygens (including phenoxy) is 1. The third-order valence-electron chi connectivity index (χ3n) is 5.77. The maximum Gasteiger partial charge on any atom is 0.261 e. The van der Waals surface area contributed by atoms with Gasteiger partial charge in [0.1, 0.15) is 11.8 Å². The van der Waals surface area contributed by atoms with Crippen LogP contribution in [0.25, 0.3) is 0 Å². The maximum atomic E-state index is 13.3. The topological polar surface area (TPSA) is 58.6 Å². The van der Waals surface area contributed by atoms with E-state index in [1.807, 2.05) is 62.4 Å². The first-order valence-corrected chi connectivity index (χ1v) is 12.0. The van der Waals surface area contributed by atoms with Crippen LogP contribution in [0.2, 0.25) is 0 Å². The molecule has 0 saturated carbocycles. The second-order valence-corrected chi connectivity index (χ2v) is 9.64. The van der Waals surface area contributed by atoms with Crippen LogP contribution in [0, 0.1) is 6.92 Å². The van der Waals surface area contributed by atoms with Crippen LogP contribution < -0.4 is 10.1 Å². The van der Waals surface area contributed by atoms with Gasteiger partial charge in [-0.15, -0.1) is 0 Å². The van der Waals surface area contributed by atoms with Gasteiger partial charge in [0.05, 0.1) is 0 Å². The number of unbranched alkanes of at least 4 members (excludes halogenated alkanes) is 1. The molecule has 33 heavy (non-hydrogen) atoms. The first-order chi connectivity index (χ1) is 15.7. The standard InChI is InChI=1S/C28H40N2O3/c1-7-9-18-29-27(32)25(8-2)30(19-22-12-10-21(3)11-13-22)26(31)20-33-24-16-14-23(15-17-24)28(4,5)6/h10-17,25H,7-9,18-20H2,1-6H3,(H,29,32)/t25-/m1/s1. The number of carbonyl (C=O) groups excluding carboxylic acids is 2. The third-order valence-corrected chi connectivity index (χ3v) is 5.77. The molecule has 0 fully saturated rings. The van der Waals surface area contributed by atoms with Gasteiger partial charge in [-0.05, 0) is 48.4 Å². The molecule has 0 aliphatic heterocycles. The second kappa shape index (κ2) is 12.4. The van der Waals surface area contributed by atoms with Gasteiger partial charge in [0.2, 0.25) is 5.91 Å². The zero-order valence-corrected chi connectivity index (χ0v) is 21.1. The molecule has 0 heterocycles. The molecule has 0 unspecified atom stereocenters. The molecule has 0 saturated heterocycles. The van der Waals surface area contributed by atoms with Crippen molar-refractivity contribution in [2.45, 2.75) is 78.8 Å². The van der Waals surface area contributed by atoms with E-state index in [-0.39, 0.29) is 23.8 Å². The van der Waals surface area contributed by atoms with E-state index in [1.54, 1.807) is 4.90 Å². The van der Waals surface area contributed by atoms with Crippen molar-refractivity contribution >= 4 is 11.8 Å². The predicted molar refractivity (Wildman–Crippen MR) is 134 cm³/mol. The number of carbonyl (C=O) groups is 2. The fourth-order valence-electron chi connectivity index (χ4n) is 3.60. The van der Waals surface area contributed by atoms with Gasteiger partial charge < -0.3 is 15.0 Å². The molecule has 180 valence electrons. The Morgan fingerprint density at radius 2 is 1.64 bits per heavy atom. The zero-order chi connectivity index (χ0) is 24.4. The molecule has 5 heteroatoms. The Kier molecular flexibility index (Phi) is 9.95. The van der Waals surface area contributed by atoms with Crippen LogP contribution in [0.15, 0.2) is 48.5 Å². The maximum absolute atomic E-state index is 13.3. The van der Waals surface area contributed by atoms with Crippen LogP contribution in [-0.4, -0.2) is 35.9 Å². The van der Waals surface area contributed by atoms with Crippen LogP contribution in [-0.2, 0) is 21.5 Å². The molecule has 0 bridgehead atoms. The molecule has 2 amide bonds. The molecule has 0 spiro atoms. The lowest BCUT2D eigenvalue weighted by Crippen LogP contribution is -2.50. The summed E-state index contributed by atoms with van der Waals surface area (Å²) in [4.78, 5) is 27.8. The summed E-state index contributed by atoms with van der Waals surface area (Å²) in [5.74, 6) is 0.334. The number of rotatable bonds is 11. The van der Waals surface area contributed by atoms with Gasteiger partial charge in [-0.1, -0.05) is 83.0 Å². The van der Waals surface area contributed by atoms with Gasteiger partial charge in [-0.2, -0.15) is 0 Å². The average Bonchev–Trinajstić information content (AvgIpc) is 2.78. The highest BCUT2D eigenvalue weighted by atomic mass is 16.5. The lowest BCUT2D eigenvalue weighted by molar-refractivity contribution is -0.143. The van der Waals surface area contributed by atoms with Crippen molar-refractivity contribution in [2.24, 2.45) is 0 Å². The highest BCUT2D eigenvalue weighted by molar-refractivity contribution is 5.88. The van der Waals surface area contributed by atoms with E-state index >= 15 is 0 Å². The third kappa shape index (κ3) is 8.23. The van der Waals surface area contributed by atoms with Crippen molar-refractivity contribution < 1.29 is 14.3 Å². The molecule has 2 rings (SSSR count). The Bertz CT molecular complexity index is 883. The molecule has 0 aliphatic carbocycles. The Balaban J connectivity index is 2.15. The van der Waals surface area contributed by atoms with Gasteiger partial charge in [-0.3, -0.25) is 9.59 Å². The quantitative estimate of drug-likeness (QED) is 0.465. The van der Waals surface area contributed by atoms with E-state index in [1.165, 1.54) is 5.56 Å². The molecule has 1 N–H and O–H groups in total. The number of benzene rings is 2. The number of nitrogens with zero attached hydrogens (tertiary/aromatic N) is 1. The fraction of sp³-hybridized carbons (Fsp3) is 0.500. The molecule has 5 nitrogen and oxygen atoms in total. The Hall–Kier alpha value is -2.82. The molecule has 2 aromatic carbocycles. The first kappa shape index (κ1) is 26.4. The lowest BCUT2D eigenvalue weighted by Gasteiger charge is -2.30. The van der Waals surface area contributed by atoms with Gasteiger partial charge in [0.25, 0.3) is 5.91 Å². The van der Waals surface area contributed by atoms with E-state index < -0.39 is 6.04 Å². The number of nitrogens with one attached hydrogen (secondary N) is 1. The molecule has 2 aromatic rings. The molecule has 0 radical (unpaired) electrons. The fourth-order valence-corrected chi connectivity index (χ4v) is 3.60. The SMILES string of the molecule is CCCCNC(=O)[C@@H](CC)N(Cc1ccc(C)cc1)C(=O)COc1ccc(C(C)(C)C)cc1. The normalized spacial score (nSPS) is 12.2. The van der Waals surface area contributed by atoms with Crippen molar-refractivity contribution in [2.75, 3.05) is 13.2 Å². The largest absolute Gasteiger partial charge is 0.484 e. The average molecular weight is 453 g/mol. The summed E-state index contributed by atoms with van der Waals surface area (Å²) in [6.45, 7) is 13.4. The van der Waals surface area contributed by atoms with Crippen molar-refractivity contribution in [1.29, 1.82) is 0 Å². The van der Waals surface area contributed by atoms with Crippen LogP contribution >= 0.6 is 0 Å². The first-order valence-electron chi connectivity index (χ1n) is 12.0. The Morgan fingerprint density at radius 1 is 1.00 bits per heavy atom. The molecule has 0 aromatic heterocycles. The van der Waals surface area contributed by atoms with Crippen molar-refractivity contribution in [3.63, 3.8) is 0 Å². The van der Waals surface area contributed by atoms with Crippen LogP contribution in [0.1, 0.15) is 70.6 Å². The monoisotopic (exact) mass is 452 g/mol. The summed E-state index contributed by atoms with van der Waals surface area (Å²) >= 11 is 0. The van der Waals surface area contributed by atoms with Crippen LogP contribution in [0.3, 0.4) is 0 Å². The number of amides is 2. The minimum atomic E-state index is -0.539. The van der Waals surface area contributed by atoms with Gasteiger partial charge in [0, 0.05) is 13.1 Å². The van der Waals surface area contributed by atoms with E-state index in [0.29, 0.717) is 25.3 Å². The number of aryl methyl sites for hydroxylation is 1. The van der Waals surface area contributed by atoms with Crippen molar-refractivity contribution in [3.8, 4) is 5.75 Å². The minimum absolute atomic E-state index is 0.0542. The van der Waals surface area contributed by atoms with Gasteiger partial charge in [-0.25, -0.2) is 0 Å². The van der Waals surface area contributed by atoms with E-state index in [4.69, 9.17) is 4.74 Å². The number of hydrogen-bond donors (Lipinski definition) is 1. The molecule has 1 atom stereocenters. The summed E-state index contributed by atoms with van der Waals surface area (Å²) in [7, 11) is 0. The van der Waals surface area contributed by atoms with Crippen molar-refractivity contribution in [1.82, 2.24) is 10.2 Å². The predicted octanol–water partition coefficient (Wildman–Crippen LogP) is 5.40. The van der Waals surface area contributed by atoms with Crippen LogP contribution in [0.5, 0.6) is 5.75 Å². The molecular weight excluding hydrogens is 412 g/mol. The summed E-state index contributed by atoms with van der Waals surface area (Å²) in [5.41, 5.74) is 3.40. The Morgan fingerprint density at radius 3 is 2.18 bits per heavy atom. The summed E-state index contributed by atoms with van der Waals surface area (Å²) < 4.78 is 5.82. The summed E-state index contributed by atoms with van der Waals surface area (Å²) in [6.07, 6.45) is 2.46. The van der Waals surface area contributed by atoms with Gasteiger partial charge >= 0.3 is 0 Å². The zero-order valence-electron chi connectivity index (χ0n) is 21.1. The van der Waals surface area contributed by atoms with E-state index in [9.17, 15) is 9.59 Å². The lowest BCUT2D eigenvalue weighted by atomic mass is 9.87. The van der Waals surface area contributed by atoms with E-state index in [0.717, 1.165) is 24.0 Å². The second-order valence-electron chi connectivity index (χ2n) is 9.64. The van der Waals surface area contributed by atoms with Gasteiger partial charge in [0.15, 0.2) is 6.61 Å². The van der Waals surface area contributed by atoms with Crippen molar-refractivity contribution in [3.05, 3.63) is 65.2 Å². The van der Waals surface area contributed by atoms with E-state index in [2.05, 4.69) is 33.0 Å².